The van der Waals surface area contributed by atoms with Crippen molar-refractivity contribution in [3.8, 4) is 0 Å². The number of rotatable bonds is 23. The average molecular weight is 425 g/mol. The molecule has 2 nitrogen and oxygen atoms in total. The minimum absolute atomic E-state index is 0.0128. The van der Waals surface area contributed by atoms with E-state index in [0.717, 1.165) is 24.7 Å². The Labute approximate surface area is 190 Å². The van der Waals surface area contributed by atoms with Gasteiger partial charge in [-0.05, 0) is 24.7 Å². The molecule has 0 aliphatic carbocycles. The highest BCUT2D eigenvalue weighted by Crippen LogP contribution is 2.15. The van der Waals surface area contributed by atoms with Crippen LogP contribution in [0.3, 0.4) is 0 Å². The highest BCUT2D eigenvalue weighted by atomic mass is 16.5. The van der Waals surface area contributed by atoms with Crippen molar-refractivity contribution < 1.29 is 9.53 Å². The monoisotopic (exact) mass is 424 g/mol. The molecule has 0 bridgehead atoms. The van der Waals surface area contributed by atoms with Gasteiger partial charge in [0.25, 0.3) is 0 Å². The van der Waals surface area contributed by atoms with Crippen LogP contribution >= 0.6 is 0 Å². The van der Waals surface area contributed by atoms with Crippen LogP contribution in [-0.4, -0.2) is 12.6 Å². The van der Waals surface area contributed by atoms with E-state index in [1.54, 1.807) is 0 Å². The molecular formula is C28H56O2. The molecule has 2 heteroatoms. The summed E-state index contributed by atoms with van der Waals surface area (Å²) in [5.41, 5.74) is 0. The zero-order valence-electron chi connectivity index (χ0n) is 21.3. The second-order valence-electron chi connectivity index (χ2n) is 10.3. The molecule has 0 fully saturated rings. The largest absolute Gasteiger partial charge is 0.466 e. The van der Waals surface area contributed by atoms with E-state index in [9.17, 15) is 4.79 Å². The summed E-state index contributed by atoms with van der Waals surface area (Å²) in [5, 5.41) is 0. The second kappa shape index (κ2) is 23.1. The summed E-state index contributed by atoms with van der Waals surface area (Å²) in [6.45, 7) is 9.80. The van der Waals surface area contributed by atoms with Gasteiger partial charge in [-0.1, -0.05) is 137 Å². The van der Waals surface area contributed by atoms with Crippen LogP contribution in [0, 0.1) is 11.8 Å². The van der Waals surface area contributed by atoms with Crippen LogP contribution in [0.25, 0.3) is 0 Å². The minimum atomic E-state index is 0.0128. The lowest BCUT2D eigenvalue weighted by molar-refractivity contribution is -0.143. The molecule has 0 saturated carbocycles. The molecule has 0 amide bonds. The lowest BCUT2D eigenvalue weighted by atomic mass is 10.0. The van der Waals surface area contributed by atoms with Gasteiger partial charge in [0.15, 0.2) is 0 Å². The van der Waals surface area contributed by atoms with Crippen molar-refractivity contribution in [2.75, 3.05) is 6.61 Å². The van der Waals surface area contributed by atoms with Crippen LogP contribution < -0.4 is 0 Å². The summed E-state index contributed by atoms with van der Waals surface area (Å²) >= 11 is 0. The highest BCUT2D eigenvalue weighted by molar-refractivity contribution is 5.69. The van der Waals surface area contributed by atoms with E-state index in [0.29, 0.717) is 13.0 Å². The van der Waals surface area contributed by atoms with Crippen LogP contribution in [0.15, 0.2) is 0 Å². The van der Waals surface area contributed by atoms with E-state index >= 15 is 0 Å². The van der Waals surface area contributed by atoms with Gasteiger partial charge in [-0.15, -0.1) is 0 Å². The Morgan fingerprint density at radius 2 is 0.833 bits per heavy atom. The summed E-state index contributed by atoms with van der Waals surface area (Å²) in [5.74, 6) is 1.67. The van der Waals surface area contributed by atoms with E-state index in [4.69, 9.17) is 4.74 Å². The highest BCUT2D eigenvalue weighted by Gasteiger charge is 2.03. The lowest BCUT2D eigenvalue weighted by Gasteiger charge is -2.06. The second-order valence-corrected chi connectivity index (χ2v) is 10.3. The van der Waals surface area contributed by atoms with E-state index in [2.05, 4.69) is 27.7 Å². The minimum Gasteiger partial charge on any atom is -0.466 e. The van der Waals surface area contributed by atoms with Gasteiger partial charge in [0, 0.05) is 6.42 Å². The summed E-state index contributed by atoms with van der Waals surface area (Å²) in [6.07, 6.45) is 25.8. The molecular weight excluding hydrogens is 368 g/mol. The molecule has 0 saturated heterocycles. The summed E-state index contributed by atoms with van der Waals surface area (Å²) in [6, 6.07) is 0. The predicted octanol–water partition coefficient (Wildman–Crippen LogP) is 9.64. The predicted molar refractivity (Wildman–Crippen MR) is 133 cm³/mol. The zero-order valence-corrected chi connectivity index (χ0v) is 21.3. The fourth-order valence-corrected chi connectivity index (χ4v) is 4.03. The molecule has 0 N–H and O–H groups in total. The third-order valence-corrected chi connectivity index (χ3v) is 6.10. The van der Waals surface area contributed by atoms with Crippen LogP contribution in [0.4, 0.5) is 0 Å². The van der Waals surface area contributed by atoms with Crippen molar-refractivity contribution in [2.45, 2.75) is 156 Å². The quantitative estimate of drug-likeness (QED) is 0.120. The molecule has 0 unspecified atom stereocenters. The smallest absolute Gasteiger partial charge is 0.305 e. The molecule has 0 aliphatic heterocycles. The molecule has 0 aromatic carbocycles. The van der Waals surface area contributed by atoms with Gasteiger partial charge in [-0.25, -0.2) is 0 Å². The lowest BCUT2D eigenvalue weighted by Crippen LogP contribution is -2.05. The van der Waals surface area contributed by atoms with Gasteiger partial charge in [0.1, 0.15) is 0 Å². The van der Waals surface area contributed by atoms with Gasteiger partial charge in [0.05, 0.1) is 6.61 Å². The topological polar surface area (TPSA) is 26.3 Å². The van der Waals surface area contributed by atoms with Crippen LogP contribution in [0.1, 0.15) is 156 Å². The molecule has 0 atom stereocenters. The van der Waals surface area contributed by atoms with E-state index in [1.807, 2.05) is 0 Å². The van der Waals surface area contributed by atoms with E-state index in [1.165, 1.54) is 109 Å². The number of carbonyl (C=O) groups is 1. The summed E-state index contributed by atoms with van der Waals surface area (Å²) < 4.78 is 5.34. The van der Waals surface area contributed by atoms with Crippen molar-refractivity contribution in [2.24, 2.45) is 11.8 Å². The SMILES string of the molecule is CC(C)CCCCCCCCCCCCCCCCC(=O)OCCCCCC(C)C. The van der Waals surface area contributed by atoms with Gasteiger partial charge in [-0.3, -0.25) is 4.79 Å². The fourth-order valence-electron chi connectivity index (χ4n) is 4.03. The first-order chi connectivity index (χ1) is 14.5. The van der Waals surface area contributed by atoms with Crippen molar-refractivity contribution >= 4 is 5.97 Å². The standard InChI is InChI=1S/C28H56O2/c1-26(2)22-18-15-13-11-9-7-5-6-8-10-12-14-16-20-24-28(29)30-25-21-17-19-23-27(3)4/h26-27H,5-25H2,1-4H3. The van der Waals surface area contributed by atoms with Crippen LogP contribution in [0.2, 0.25) is 0 Å². The summed E-state index contributed by atoms with van der Waals surface area (Å²) in [7, 11) is 0. The Bertz CT molecular complexity index is 349. The first-order valence-electron chi connectivity index (χ1n) is 13.7. The molecule has 0 aromatic rings. The average Bonchev–Trinajstić information content (AvgIpc) is 2.69. The molecule has 0 aromatic heterocycles. The third kappa shape index (κ3) is 25.5. The Kier molecular flexibility index (Phi) is 22.7. The molecule has 0 heterocycles. The van der Waals surface area contributed by atoms with Crippen molar-refractivity contribution in [3.05, 3.63) is 0 Å². The molecule has 30 heavy (non-hydrogen) atoms. The van der Waals surface area contributed by atoms with E-state index in [-0.39, 0.29) is 5.97 Å². The molecule has 0 rings (SSSR count). The Morgan fingerprint density at radius 3 is 1.23 bits per heavy atom. The third-order valence-electron chi connectivity index (χ3n) is 6.10. The molecule has 0 spiro atoms. The van der Waals surface area contributed by atoms with Crippen molar-refractivity contribution in [3.63, 3.8) is 0 Å². The molecule has 0 aliphatic rings. The Balaban J connectivity index is 3.14. The van der Waals surface area contributed by atoms with Crippen LogP contribution in [-0.2, 0) is 9.53 Å². The number of ether oxygens (including phenoxy) is 1. The van der Waals surface area contributed by atoms with Gasteiger partial charge >= 0.3 is 5.97 Å². The Hall–Kier alpha value is -0.530. The number of carbonyl (C=O) groups excluding carboxylic acids is 1. The van der Waals surface area contributed by atoms with Gasteiger partial charge in [0.2, 0.25) is 0 Å². The first-order valence-corrected chi connectivity index (χ1v) is 13.7. The molecule has 180 valence electrons. The maximum atomic E-state index is 11.7. The number of unbranched alkanes of at least 4 members (excludes halogenated alkanes) is 15. The maximum absolute atomic E-state index is 11.7. The summed E-state index contributed by atoms with van der Waals surface area (Å²) in [4.78, 5) is 11.7. The van der Waals surface area contributed by atoms with E-state index < -0.39 is 0 Å². The van der Waals surface area contributed by atoms with Gasteiger partial charge in [-0.2, -0.15) is 0 Å². The van der Waals surface area contributed by atoms with Crippen LogP contribution in [0.5, 0.6) is 0 Å². The zero-order chi connectivity index (χ0) is 22.3. The number of esters is 1. The first kappa shape index (κ1) is 29.5. The van der Waals surface area contributed by atoms with Crippen molar-refractivity contribution in [1.29, 1.82) is 0 Å². The maximum Gasteiger partial charge on any atom is 0.305 e. The van der Waals surface area contributed by atoms with Gasteiger partial charge < -0.3 is 4.74 Å². The Morgan fingerprint density at radius 1 is 0.500 bits per heavy atom. The molecule has 0 radical (unpaired) electrons. The number of hydrogen-bond donors (Lipinski definition) is 0. The fraction of sp³-hybridized carbons (Fsp3) is 0.964. The number of hydrogen-bond acceptors (Lipinski definition) is 2. The van der Waals surface area contributed by atoms with Crippen molar-refractivity contribution in [1.82, 2.24) is 0 Å². The normalized spacial score (nSPS) is 11.5.